The molecule has 0 aromatic heterocycles. The third-order valence-corrected chi connectivity index (χ3v) is 8.49. The number of ketones is 2. The Bertz CT molecular complexity index is 743. The molecule has 4 aliphatic rings. The molecular formula is C24H30O2. The number of rotatable bonds is 1. The fourth-order valence-electron chi connectivity index (χ4n) is 7.63. The topological polar surface area (TPSA) is 34.1 Å². The molecule has 0 N–H and O–H groups in total. The van der Waals surface area contributed by atoms with E-state index in [9.17, 15) is 9.59 Å². The average Bonchev–Trinajstić information content (AvgIpc) is 2.88. The average molecular weight is 351 g/mol. The van der Waals surface area contributed by atoms with Gasteiger partial charge in [0.25, 0.3) is 0 Å². The molecule has 5 rings (SSSR count). The molecule has 1 aromatic carbocycles. The number of carbonyl (C=O) groups is 2. The van der Waals surface area contributed by atoms with Gasteiger partial charge in [-0.15, -0.1) is 0 Å². The summed E-state index contributed by atoms with van der Waals surface area (Å²) < 4.78 is 0. The van der Waals surface area contributed by atoms with E-state index in [4.69, 9.17) is 0 Å². The molecule has 4 fully saturated rings. The smallest absolute Gasteiger partial charge is 0.202 e. The van der Waals surface area contributed by atoms with Crippen molar-refractivity contribution >= 4 is 11.6 Å². The summed E-state index contributed by atoms with van der Waals surface area (Å²) in [5.41, 5.74) is 4.40. The maximum Gasteiger partial charge on any atom is 0.202 e. The lowest BCUT2D eigenvalue weighted by atomic mass is 9.52. The second kappa shape index (κ2) is 6.04. The fourth-order valence-corrected chi connectivity index (χ4v) is 7.63. The van der Waals surface area contributed by atoms with Crippen LogP contribution in [0.15, 0.2) is 18.2 Å². The highest BCUT2D eigenvalue weighted by Crippen LogP contribution is 2.60. The molecular weight excluding hydrogens is 320 g/mol. The molecule has 26 heavy (non-hydrogen) atoms. The van der Waals surface area contributed by atoms with E-state index < -0.39 is 0 Å². The van der Waals surface area contributed by atoms with E-state index >= 15 is 0 Å². The van der Waals surface area contributed by atoms with Gasteiger partial charge in [-0.1, -0.05) is 24.6 Å². The van der Waals surface area contributed by atoms with E-state index in [2.05, 4.69) is 32.0 Å². The second-order valence-corrected chi connectivity index (χ2v) is 9.59. The van der Waals surface area contributed by atoms with E-state index in [0.717, 1.165) is 25.2 Å². The monoisotopic (exact) mass is 350 g/mol. The quantitative estimate of drug-likeness (QED) is 0.667. The molecule has 0 saturated heterocycles. The Hall–Kier alpha value is -1.44. The summed E-state index contributed by atoms with van der Waals surface area (Å²) in [4.78, 5) is 25.2. The Labute approximate surface area is 156 Å². The normalized spacial score (nSPS) is 41.7. The summed E-state index contributed by atoms with van der Waals surface area (Å²) in [5, 5.41) is 0. The number of carbonyl (C=O) groups excluding carboxylic acids is 2. The van der Waals surface area contributed by atoms with Crippen molar-refractivity contribution in [2.45, 2.75) is 64.7 Å². The molecule has 7 atom stereocenters. The van der Waals surface area contributed by atoms with Gasteiger partial charge in [0.1, 0.15) is 0 Å². The SMILES string of the molecule is Cc1cccc(C)c1C1CCC2C(C1)CC1C(=O)C(=O)C3CCCC2C31. The predicted molar refractivity (Wildman–Crippen MR) is 102 cm³/mol. The van der Waals surface area contributed by atoms with Crippen molar-refractivity contribution in [2.24, 2.45) is 35.5 Å². The number of hydrogen-bond acceptors (Lipinski definition) is 2. The number of fused-ring (bicyclic) bond motifs is 2. The van der Waals surface area contributed by atoms with E-state index in [0.29, 0.717) is 23.7 Å². The zero-order chi connectivity index (χ0) is 18.0. The van der Waals surface area contributed by atoms with E-state index in [-0.39, 0.29) is 23.4 Å². The third kappa shape index (κ3) is 2.30. The summed E-state index contributed by atoms with van der Waals surface area (Å²) in [5.74, 6) is 3.24. The van der Waals surface area contributed by atoms with Crippen LogP contribution in [0.4, 0.5) is 0 Å². The molecule has 0 radical (unpaired) electrons. The van der Waals surface area contributed by atoms with Crippen LogP contribution in [0.2, 0.25) is 0 Å². The molecule has 2 heteroatoms. The molecule has 0 aliphatic heterocycles. The summed E-state index contributed by atoms with van der Waals surface area (Å²) in [7, 11) is 0. The van der Waals surface area contributed by atoms with Gasteiger partial charge in [-0.05, 0) is 98.7 Å². The van der Waals surface area contributed by atoms with Crippen molar-refractivity contribution < 1.29 is 9.59 Å². The first-order valence-corrected chi connectivity index (χ1v) is 10.7. The van der Waals surface area contributed by atoms with Crippen molar-refractivity contribution in [2.75, 3.05) is 0 Å². The van der Waals surface area contributed by atoms with Gasteiger partial charge in [-0.2, -0.15) is 0 Å². The van der Waals surface area contributed by atoms with Crippen molar-refractivity contribution in [3.63, 3.8) is 0 Å². The van der Waals surface area contributed by atoms with Gasteiger partial charge in [0.2, 0.25) is 11.6 Å². The first kappa shape index (κ1) is 16.7. The van der Waals surface area contributed by atoms with Crippen LogP contribution in [0.25, 0.3) is 0 Å². The lowest BCUT2D eigenvalue weighted by molar-refractivity contribution is -0.137. The Morgan fingerprint density at radius 3 is 2.31 bits per heavy atom. The van der Waals surface area contributed by atoms with Crippen molar-refractivity contribution in [3.8, 4) is 0 Å². The molecule has 1 aromatic rings. The molecule has 138 valence electrons. The summed E-state index contributed by atoms with van der Waals surface area (Å²) in [6, 6.07) is 6.66. The van der Waals surface area contributed by atoms with Crippen molar-refractivity contribution in [1.82, 2.24) is 0 Å². The Morgan fingerprint density at radius 2 is 1.54 bits per heavy atom. The minimum atomic E-state index is -0.00496. The Balaban J connectivity index is 1.44. The fraction of sp³-hybridized carbons (Fsp3) is 0.667. The predicted octanol–water partition coefficient (Wildman–Crippen LogP) is 5.01. The van der Waals surface area contributed by atoms with E-state index in [1.54, 1.807) is 5.56 Å². The number of benzene rings is 1. The molecule has 0 amide bonds. The standard InChI is InChI=1S/C24H30O2/c1-13-5-3-6-14(2)21(13)15-9-10-17-16(11-15)12-20-22-18(17)7-4-8-19(22)23(25)24(20)26/h3,5-6,15-20,22H,4,7-12H2,1-2H3. The van der Waals surface area contributed by atoms with Crippen LogP contribution in [0.3, 0.4) is 0 Å². The van der Waals surface area contributed by atoms with Gasteiger partial charge in [-0.25, -0.2) is 0 Å². The molecule has 0 bridgehead atoms. The highest BCUT2D eigenvalue weighted by molar-refractivity contribution is 6.41. The van der Waals surface area contributed by atoms with Crippen molar-refractivity contribution in [3.05, 3.63) is 34.9 Å². The van der Waals surface area contributed by atoms with E-state index in [1.165, 1.54) is 36.8 Å². The van der Waals surface area contributed by atoms with Crippen LogP contribution in [-0.4, -0.2) is 11.6 Å². The van der Waals surface area contributed by atoms with Crippen LogP contribution in [0.5, 0.6) is 0 Å². The third-order valence-electron chi connectivity index (χ3n) is 8.49. The first-order valence-electron chi connectivity index (χ1n) is 10.7. The van der Waals surface area contributed by atoms with Crippen LogP contribution in [0.1, 0.15) is 67.6 Å². The van der Waals surface area contributed by atoms with Gasteiger partial charge in [-0.3, -0.25) is 9.59 Å². The number of aryl methyl sites for hydroxylation is 2. The first-order chi connectivity index (χ1) is 12.6. The molecule has 4 aliphatic carbocycles. The lowest BCUT2D eigenvalue weighted by Gasteiger charge is -2.51. The highest BCUT2D eigenvalue weighted by atomic mass is 16.2. The molecule has 2 nitrogen and oxygen atoms in total. The van der Waals surface area contributed by atoms with Gasteiger partial charge >= 0.3 is 0 Å². The molecule has 4 saturated carbocycles. The Morgan fingerprint density at radius 1 is 0.808 bits per heavy atom. The number of Topliss-reactive ketones (excluding diaryl/α,β-unsaturated/α-hetero) is 2. The summed E-state index contributed by atoms with van der Waals surface area (Å²) in [6.07, 6.45) is 8.19. The minimum absolute atomic E-state index is 0.000421. The van der Waals surface area contributed by atoms with Crippen LogP contribution in [-0.2, 0) is 9.59 Å². The van der Waals surface area contributed by atoms with Gasteiger partial charge in [0.15, 0.2) is 0 Å². The van der Waals surface area contributed by atoms with Crippen LogP contribution >= 0.6 is 0 Å². The maximum atomic E-state index is 12.7. The van der Waals surface area contributed by atoms with Gasteiger partial charge in [0, 0.05) is 11.8 Å². The van der Waals surface area contributed by atoms with Crippen LogP contribution < -0.4 is 0 Å². The summed E-state index contributed by atoms with van der Waals surface area (Å²) >= 11 is 0. The largest absolute Gasteiger partial charge is 0.291 e. The zero-order valence-corrected chi connectivity index (χ0v) is 16.0. The van der Waals surface area contributed by atoms with E-state index in [1.807, 2.05) is 0 Å². The van der Waals surface area contributed by atoms with Gasteiger partial charge < -0.3 is 0 Å². The molecule has 7 unspecified atom stereocenters. The highest BCUT2D eigenvalue weighted by Gasteiger charge is 2.59. The zero-order valence-electron chi connectivity index (χ0n) is 16.0. The minimum Gasteiger partial charge on any atom is -0.291 e. The maximum absolute atomic E-state index is 12.7. The molecule has 0 spiro atoms. The Kier molecular flexibility index (Phi) is 3.88. The lowest BCUT2D eigenvalue weighted by Crippen LogP contribution is -2.45. The number of hydrogen-bond donors (Lipinski definition) is 0. The van der Waals surface area contributed by atoms with Gasteiger partial charge in [0.05, 0.1) is 0 Å². The van der Waals surface area contributed by atoms with Crippen LogP contribution in [0, 0.1) is 49.4 Å². The summed E-state index contributed by atoms with van der Waals surface area (Å²) in [6.45, 7) is 4.49. The molecule has 0 heterocycles. The second-order valence-electron chi connectivity index (χ2n) is 9.59. The van der Waals surface area contributed by atoms with Crippen molar-refractivity contribution in [1.29, 1.82) is 0 Å².